The number of methoxy groups -OCH3 is 1. The molecule has 0 N–H and O–H groups in total. The Bertz CT molecular complexity index is 399. The highest BCUT2D eigenvalue weighted by Gasteiger charge is 2.27. The van der Waals surface area contributed by atoms with Gasteiger partial charge in [0.05, 0.1) is 13.0 Å². The van der Waals surface area contributed by atoms with Crippen molar-refractivity contribution in [2.24, 2.45) is 0 Å². The molecule has 0 fully saturated rings. The van der Waals surface area contributed by atoms with Crippen LogP contribution in [0, 0.1) is 0 Å². The second kappa shape index (κ2) is 7.07. The molecule has 0 heterocycles. The van der Waals surface area contributed by atoms with Crippen LogP contribution >= 0.6 is 23.2 Å². The van der Waals surface area contributed by atoms with E-state index in [1.165, 1.54) is 19.2 Å². The van der Waals surface area contributed by atoms with Gasteiger partial charge in [0, 0.05) is 16.7 Å². The molecule has 1 rings (SSSR count). The van der Waals surface area contributed by atoms with Gasteiger partial charge in [-0.2, -0.15) is 13.2 Å². The Hall–Kier alpha value is -0.850. The van der Waals surface area contributed by atoms with Crippen LogP contribution in [0.15, 0.2) is 12.1 Å². The third-order valence-corrected chi connectivity index (χ3v) is 2.52. The van der Waals surface area contributed by atoms with E-state index in [4.69, 9.17) is 32.7 Å². The van der Waals surface area contributed by atoms with Crippen LogP contribution in [0.5, 0.6) is 11.5 Å². The summed E-state index contributed by atoms with van der Waals surface area (Å²) >= 11 is 11.5. The highest BCUT2D eigenvalue weighted by atomic mass is 35.5. The molecular formula is C11H11Cl2F3O3. The molecule has 0 amide bonds. The standard InChI is InChI=1S/C11H11Cl2F3O3/c1-17-9-3-8(13)2-7(4-12)10(9)19-6-18-5-11(14,15)16/h2-3H,4-6H2,1H3. The number of hydrogen-bond acceptors (Lipinski definition) is 3. The van der Waals surface area contributed by atoms with Crippen molar-refractivity contribution in [1.29, 1.82) is 0 Å². The Balaban J connectivity index is 2.71. The summed E-state index contributed by atoms with van der Waals surface area (Å²) in [7, 11) is 1.38. The highest BCUT2D eigenvalue weighted by Crippen LogP contribution is 2.35. The van der Waals surface area contributed by atoms with Gasteiger partial charge < -0.3 is 14.2 Å². The quantitative estimate of drug-likeness (QED) is 0.451. The number of hydrogen-bond donors (Lipinski definition) is 0. The van der Waals surface area contributed by atoms with Gasteiger partial charge in [-0.3, -0.25) is 0 Å². The topological polar surface area (TPSA) is 27.7 Å². The van der Waals surface area contributed by atoms with Crippen LogP contribution in [0.1, 0.15) is 5.56 Å². The zero-order valence-corrected chi connectivity index (χ0v) is 11.4. The van der Waals surface area contributed by atoms with Crippen molar-refractivity contribution < 1.29 is 27.4 Å². The average molecular weight is 319 g/mol. The van der Waals surface area contributed by atoms with Gasteiger partial charge in [-0.25, -0.2) is 0 Å². The molecule has 0 aliphatic carbocycles. The Morgan fingerprint density at radius 3 is 2.47 bits per heavy atom. The van der Waals surface area contributed by atoms with Crippen molar-refractivity contribution in [3.8, 4) is 11.5 Å². The normalized spacial score (nSPS) is 11.5. The van der Waals surface area contributed by atoms with Crippen LogP contribution in [0.25, 0.3) is 0 Å². The lowest BCUT2D eigenvalue weighted by molar-refractivity contribution is -0.186. The van der Waals surface area contributed by atoms with E-state index < -0.39 is 19.6 Å². The van der Waals surface area contributed by atoms with Crippen molar-refractivity contribution in [2.75, 3.05) is 20.5 Å². The molecule has 0 aliphatic rings. The van der Waals surface area contributed by atoms with Crippen molar-refractivity contribution in [3.05, 3.63) is 22.7 Å². The predicted molar refractivity (Wildman–Crippen MR) is 65.1 cm³/mol. The van der Waals surface area contributed by atoms with E-state index >= 15 is 0 Å². The summed E-state index contributed by atoms with van der Waals surface area (Å²) in [5, 5.41) is 0.385. The fraction of sp³-hybridized carbons (Fsp3) is 0.455. The lowest BCUT2D eigenvalue weighted by atomic mass is 10.2. The van der Waals surface area contributed by atoms with Crippen molar-refractivity contribution in [2.45, 2.75) is 12.1 Å². The van der Waals surface area contributed by atoms with Crippen LogP contribution in [-0.2, 0) is 10.6 Å². The lowest BCUT2D eigenvalue weighted by Crippen LogP contribution is -2.19. The molecule has 0 aliphatic heterocycles. The maximum atomic E-state index is 11.9. The summed E-state index contributed by atoms with van der Waals surface area (Å²) in [5.74, 6) is 0.564. The molecule has 0 unspecified atom stereocenters. The molecule has 19 heavy (non-hydrogen) atoms. The SMILES string of the molecule is COc1cc(Cl)cc(CCl)c1OCOCC(F)(F)F. The first-order valence-electron chi connectivity index (χ1n) is 5.07. The third-order valence-electron chi connectivity index (χ3n) is 2.01. The van der Waals surface area contributed by atoms with Crippen LogP contribution in [0.4, 0.5) is 13.2 Å². The number of halogens is 5. The first kappa shape index (κ1) is 16.2. The van der Waals surface area contributed by atoms with Crippen LogP contribution in [-0.4, -0.2) is 26.7 Å². The molecule has 3 nitrogen and oxygen atoms in total. The van der Waals surface area contributed by atoms with Gasteiger partial charge in [-0.1, -0.05) is 11.6 Å². The fourth-order valence-corrected chi connectivity index (χ4v) is 1.72. The van der Waals surface area contributed by atoms with Gasteiger partial charge in [0.15, 0.2) is 18.3 Å². The Kier molecular flexibility index (Phi) is 6.03. The number of ether oxygens (including phenoxy) is 3. The van der Waals surface area contributed by atoms with E-state index in [0.717, 1.165) is 0 Å². The average Bonchev–Trinajstić information content (AvgIpc) is 2.33. The molecule has 8 heteroatoms. The zero-order valence-electron chi connectivity index (χ0n) is 9.89. The van der Waals surface area contributed by atoms with Crippen molar-refractivity contribution >= 4 is 23.2 Å². The number of alkyl halides is 4. The predicted octanol–water partition coefficient (Wildman–Crippen LogP) is 4.00. The largest absolute Gasteiger partial charge is 0.493 e. The number of benzene rings is 1. The van der Waals surface area contributed by atoms with E-state index in [9.17, 15) is 13.2 Å². The molecule has 1 aromatic carbocycles. The summed E-state index contributed by atoms with van der Waals surface area (Å²) in [4.78, 5) is 0. The van der Waals surface area contributed by atoms with Gasteiger partial charge in [0.2, 0.25) is 0 Å². The van der Waals surface area contributed by atoms with E-state index in [1.54, 1.807) is 0 Å². The maximum Gasteiger partial charge on any atom is 0.411 e. The van der Waals surface area contributed by atoms with Gasteiger partial charge in [0.1, 0.15) is 6.61 Å². The smallest absolute Gasteiger partial charge is 0.411 e. The Morgan fingerprint density at radius 1 is 1.26 bits per heavy atom. The van der Waals surface area contributed by atoms with Crippen molar-refractivity contribution in [1.82, 2.24) is 0 Å². The van der Waals surface area contributed by atoms with E-state index in [-0.39, 0.29) is 17.4 Å². The van der Waals surface area contributed by atoms with E-state index in [2.05, 4.69) is 4.74 Å². The molecule has 0 aromatic heterocycles. The first-order chi connectivity index (χ1) is 8.87. The summed E-state index contributed by atoms with van der Waals surface area (Å²) < 4.78 is 50.1. The summed E-state index contributed by atoms with van der Waals surface area (Å²) in [6, 6.07) is 3.01. The summed E-state index contributed by atoms with van der Waals surface area (Å²) in [6.45, 7) is -1.96. The summed E-state index contributed by atoms with van der Waals surface area (Å²) in [6.07, 6.45) is -4.40. The van der Waals surface area contributed by atoms with Crippen LogP contribution in [0.2, 0.25) is 5.02 Å². The molecule has 108 valence electrons. The van der Waals surface area contributed by atoms with E-state index in [1.807, 2.05) is 0 Å². The number of rotatable bonds is 6. The molecule has 0 bridgehead atoms. The molecule has 0 radical (unpaired) electrons. The monoisotopic (exact) mass is 318 g/mol. The highest BCUT2D eigenvalue weighted by molar-refractivity contribution is 6.31. The minimum absolute atomic E-state index is 0.0749. The van der Waals surface area contributed by atoms with Gasteiger partial charge >= 0.3 is 6.18 Å². The zero-order chi connectivity index (χ0) is 14.5. The van der Waals surface area contributed by atoms with Crippen LogP contribution < -0.4 is 9.47 Å². The first-order valence-corrected chi connectivity index (χ1v) is 5.98. The Labute approximate surface area is 118 Å². The fourth-order valence-electron chi connectivity index (χ4n) is 1.30. The molecule has 0 spiro atoms. The molecular weight excluding hydrogens is 308 g/mol. The summed E-state index contributed by atoms with van der Waals surface area (Å²) in [5.41, 5.74) is 0.502. The van der Waals surface area contributed by atoms with Crippen molar-refractivity contribution in [3.63, 3.8) is 0 Å². The molecule has 0 atom stereocenters. The van der Waals surface area contributed by atoms with Gasteiger partial charge in [0.25, 0.3) is 0 Å². The van der Waals surface area contributed by atoms with E-state index in [0.29, 0.717) is 10.6 Å². The second-order valence-corrected chi connectivity index (χ2v) is 4.16. The molecule has 1 aromatic rings. The van der Waals surface area contributed by atoms with Crippen LogP contribution in [0.3, 0.4) is 0 Å². The lowest BCUT2D eigenvalue weighted by Gasteiger charge is -2.15. The maximum absolute atomic E-state index is 11.9. The third kappa shape index (κ3) is 5.34. The van der Waals surface area contributed by atoms with Gasteiger partial charge in [-0.15, -0.1) is 11.6 Å². The molecule has 0 saturated heterocycles. The second-order valence-electron chi connectivity index (χ2n) is 3.46. The minimum Gasteiger partial charge on any atom is -0.493 e. The minimum atomic E-state index is -4.40. The van der Waals surface area contributed by atoms with Gasteiger partial charge in [-0.05, 0) is 6.07 Å². The Morgan fingerprint density at radius 2 is 1.95 bits per heavy atom. The molecule has 0 saturated carbocycles.